The Morgan fingerprint density at radius 1 is 1.29 bits per heavy atom. The first kappa shape index (κ1) is 15.1. The Labute approximate surface area is 127 Å². The zero-order chi connectivity index (χ0) is 15.4. The van der Waals surface area contributed by atoms with Gasteiger partial charge in [0.25, 0.3) is 0 Å². The van der Waals surface area contributed by atoms with Crippen LogP contribution in [0.25, 0.3) is 0 Å². The van der Waals surface area contributed by atoms with Gasteiger partial charge >= 0.3 is 0 Å². The Bertz CT molecular complexity index is 655. The third-order valence-corrected chi connectivity index (χ3v) is 3.51. The van der Waals surface area contributed by atoms with Crippen molar-refractivity contribution in [3.8, 4) is 0 Å². The predicted molar refractivity (Wildman–Crippen MR) is 82.5 cm³/mol. The summed E-state index contributed by atoms with van der Waals surface area (Å²) in [5.41, 5.74) is 7.34. The molecule has 110 valence electrons. The molecule has 2 aromatic carbocycles. The van der Waals surface area contributed by atoms with Gasteiger partial charge in [-0.05, 0) is 24.3 Å². The van der Waals surface area contributed by atoms with E-state index in [1.54, 1.807) is 36.2 Å². The van der Waals surface area contributed by atoms with Gasteiger partial charge in [-0.3, -0.25) is 0 Å². The molecule has 3 N–H and O–H groups in total. The van der Waals surface area contributed by atoms with Crippen LogP contribution in [0, 0.1) is 5.82 Å². The lowest BCUT2D eigenvalue weighted by Crippen LogP contribution is -2.23. The van der Waals surface area contributed by atoms with Crippen molar-refractivity contribution in [2.24, 2.45) is 10.9 Å². The van der Waals surface area contributed by atoms with Crippen molar-refractivity contribution < 1.29 is 9.60 Å². The molecule has 4 nitrogen and oxygen atoms in total. The molecular weight excluding hydrogens is 293 g/mol. The average Bonchev–Trinajstić information content (AvgIpc) is 2.50. The minimum Gasteiger partial charge on any atom is -0.409 e. The summed E-state index contributed by atoms with van der Waals surface area (Å²) >= 11 is 6.04. The SMILES string of the molecule is CN(Cc1c(F)cccc1Cl)c1ccccc1/C(N)=N/O. The first-order valence-corrected chi connectivity index (χ1v) is 6.63. The number of halogens is 2. The van der Waals surface area contributed by atoms with Gasteiger partial charge in [-0.1, -0.05) is 35.0 Å². The van der Waals surface area contributed by atoms with Gasteiger partial charge in [0.2, 0.25) is 0 Å². The molecule has 0 unspecified atom stereocenters. The fourth-order valence-corrected chi connectivity index (χ4v) is 2.31. The monoisotopic (exact) mass is 307 g/mol. The van der Waals surface area contributed by atoms with Crippen LogP contribution in [0.2, 0.25) is 5.02 Å². The summed E-state index contributed by atoms with van der Waals surface area (Å²) in [7, 11) is 1.78. The lowest BCUT2D eigenvalue weighted by Gasteiger charge is -2.23. The van der Waals surface area contributed by atoms with Crippen LogP contribution in [0.15, 0.2) is 47.6 Å². The fraction of sp³-hybridized carbons (Fsp3) is 0.133. The second-order valence-electron chi connectivity index (χ2n) is 4.56. The van der Waals surface area contributed by atoms with Gasteiger partial charge < -0.3 is 15.8 Å². The normalized spacial score (nSPS) is 11.5. The van der Waals surface area contributed by atoms with E-state index >= 15 is 0 Å². The van der Waals surface area contributed by atoms with Crippen LogP contribution in [0.5, 0.6) is 0 Å². The lowest BCUT2D eigenvalue weighted by molar-refractivity contribution is 0.318. The van der Waals surface area contributed by atoms with Crippen molar-refractivity contribution in [1.82, 2.24) is 0 Å². The van der Waals surface area contributed by atoms with E-state index in [0.717, 1.165) is 0 Å². The molecule has 2 aromatic rings. The summed E-state index contributed by atoms with van der Waals surface area (Å²) in [6.07, 6.45) is 0. The van der Waals surface area contributed by atoms with Crippen LogP contribution in [0.3, 0.4) is 0 Å². The fourth-order valence-electron chi connectivity index (χ4n) is 2.08. The Morgan fingerprint density at radius 2 is 2.00 bits per heavy atom. The molecule has 2 rings (SSSR count). The van der Waals surface area contributed by atoms with E-state index in [9.17, 15) is 4.39 Å². The molecule has 21 heavy (non-hydrogen) atoms. The second-order valence-corrected chi connectivity index (χ2v) is 4.97. The summed E-state index contributed by atoms with van der Waals surface area (Å²) < 4.78 is 13.9. The lowest BCUT2D eigenvalue weighted by atomic mass is 10.1. The highest BCUT2D eigenvalue weighted by Crippen LogP contribution is 2.25. The van der Waals surface area contributed by atoms with E-state index in [1.807, 2.05) is 12.1 Å². The highest BCUT2D eigenvalue weighted by molar-refractivity contribution is 6.31. The van der Waals surface area contributed by atoms with Gasteiger partial charge in [-0.25, -0.2) is 4.39 Å². The number of hydrogen-bond donors (Lipinski definition) is 2. The Hall–Kier alpha value is -2.27. The van der Waals surface area contributed by atoms with Crippen LogP contribution < -0.4 is 10.6 Å². The van der Waals surface area contributed by atoms with E-state index in [4.69, 9.17) is 22.5 Å². The molecule has 0 saturated carbocycles. The molecule has 0 atom stereocenters. The van der Waals surface area contributed by atoms with E-state index in [-0.39, 0.29) is 18.2 Å². The first-order chi connectivity index (χ1) is 10.0. The number of nitrogens with zero attached hydrogens (tertiary/aromatic N) is 2. The molecular formula is C15H15ClFN3O. The number of para-hydroxylation sites is 1. The summed E-state index contributed by atoms with van der Waals surface area (Å²) in [4.78, 5) is 1.79. The predicted octanol–water partition coefficient (Wildman–Crippen LogP) is 3.21. The third-order valence-electron chi connectivity index (χ3n) is 3.16. The van der Waals surface area contributed by atoms with E-state index in [1.165, 1.54) is 6.07 Å². The van der Waals surface area contributed by atoms with Crippen molar-refractivity contribution in [2.45, 2.75) is 6.54 Å². The van der Waals surface area contributed by atoms with Crippen molar-refractivity contribution in [2.75, 3.05) is 11.9 Å². The van der Waals surface area contributed by atoms with Crippen LogP contribution in [-0.2, 0) is 6.54 Å². The van der Waals surface area contributed by atoms with Gasteiger partial charge in [0, 0.05) is 35.4 Å². The smallest absolute Gasteiger partial charge is 0.172 e. The van der Waals surface area contributed by atoms with Gasteiger partial charge in [0.15, 0.2) is 5.84 Å². The summed E-state index contributed by atoms with van der Waals surface area (Å²) in [6, 6.07) is 11.7. The largest absolute Gasteiger partial charge is 0.409 e. The number of anilines is 1. The molecule has 0 aromatic heterocycles. The number of hydrogen-bond acceptors (Lipinski definition) is 3. The maximum atomic E-state index is 13.9. The summed E-state index contributed by atoms with van der Waals surface area (Å²) in [6.45, 7) is 0.265. The third kappa shape index (κ3) is 3.25. The van der Waals surface area contributed by atoms with Crippen LogP contribution >= 0.6 is 11.6 Å². The van der Waals surface area contributed by atoms with Gasteiger partial charge in [-0.15, -0.1) is 0 Å². The zero-order valence-electron chi connectivity index (χ0n) is 11.4. The van der Waals surface area contributed by atoms with Crippen LogP contribution in [-0.4, -0.2) is 18.1 Å². The molecule has 0 aliphatic heterocycles. The van der Waals surface area contributed by atoms with Gasteiger partial charge in [-0.2, -0.15) is 0 Å². The van der Waals surface area contributed by atoms with Crippen molar-refractivity contribution in [3.05, 3.63) is 64.4 Å². The first-order valence-electron chi connectivity index (χ1n) is 6.25. The van der Waals surface area contributed by atoms with E-state index in [0.29, 0.717) is 21.8 Å². The summed E-state index contributed by atoms with van der Waals surface area (Å²) in [5, 5.41) is 12.2. The molecule has 0 bridgehead atoms. The Morgan fingerprint density at radius 3 is 2.67 bits per heavy atom. The number of oxime groups is 1. The standard InChI is InChI=1S/C15H15ClFN3O/c1-20(9-11-12(16)6-4-7-13(11)17)14-8-3-2-5-10(14)15(18)19-21/h2-8,21H,9H2,1H3,(H2,18,19). The molecule has 0 radical (unpaired) electrons. The number of amidine groups is 1. The Balaban J connectivity index is 2.36. The minimum absolute atomic E-state index is 0.00270. The average molecular weight is 308 g/mol. The minimum atomic E-state index is -0.365. The van der Waals surface area contributed by atoms with Crippen molar-refractivity contribution in [1.29, 1.82) is 0 Å². The van der Waals surface area contributed by atoms with Gasteiger partial charge in [0.1, 0.15) is 5.82 Å². The molecule has 0 saturated heterocycles. The number of nitrogens with two attached hydrogens (primary N) is 1. The zero-order valence-corrected chi connectivity index (χ0v) is 12.2. The molecule has 0 heterocycles. The molecule has 0 aliphatic carbocycles. The Kier molecular flexibility index (Phi) is 4.65. The second kappa shape index (κ2) is 6.45. The number of benzene rings is 2. The van der Waals surface area contributed by atoms with E-state index < -0.39 is 0 Å². The summed E-state index contributed by atoms with van der Waals surface area (Å²) in [5.74, 6) is -0.368. The molecule has 0 fully saturated rings. The number of rotatable bonds is 4. The van der Waals surface area contributed by atoms with E-state index in [2.05, 4.69) is 5.16 Å². The maximum Gasteiger partial charge on any atom is 0.172 e. The van der Waals surface area contributed by atoms with Crippen molar-refractivity contribution >= 4 is 23.1 Å². The molecule has 6 heteroatoms. The molecule has 0 aliphatic rings. The molecule has 0 amide bonds. The molecule has 0 spiro atoms. The topological polar surface area (TPSA) is 61.8 Å². The van der Waals surface area contributed by atoms with Crippen molar-refractivity contribution in [3.63, 3.8) is 0 Å². The highest BCUT2D eigenvalue weighted by Gasteiger charge is 2.14. The van der Waals surface area contributed by atoms with Crippen LogP contribution in [0.1, 0.15) is 11.1 Å². The van der Waals surface area contributed by atoms with Gasteiger partial charge in [0.05, 0.1) is 0 Å². The maximum absolute atomic E-state index is 13.9. The highest BCUT2D eigenvalue weighted by atomic mass is 35.5. The quantitative estimate of drug-likeness (QED) is 0.394. The van der Waals surface area contributed by atoms with Crippen LogP contribution in [0.4, 0.5) is 10.1 Å².